The molecule has 2 aliphatic rings. The Morgan fingerprint density at radius 1 is 1.12 bits per heavy atom. The van der Waals surface area contributed by atoms with Crippen LogP contribution in [-0.4, -0.2) is 59.3 Å². The van der Waals surface area contributed by atoms with Crippen molar-refractivity contribution in [2.45, 2.75) is 58.7 Å². The van der Waals surface area contributed by atoms with Crippen LogP contribution in [0, 0.1) is 19.7 Å². The first-order chi connectivity index (χ1) is 19.3. The number of hydrogen-bond donors (Lipinski definition) is 1. The van der Waals surface area contributed by atoms with Gasteiger partial charge in [0.05, 0.1) is 17.0 Å². The molecule has 3 heterocycles. The lowest BCUT2D eigenvalue weighted by molar-refractivity contribution is 0.0943. The van der Waals surface area contributed by atoms with Crippen LogP contribution in [0.25, 0.3) is 0 Å². The fraction of sp³-hybridized carbons (Fsp3) is 0.433. The number of nitrogens with one attached hydrogen (secondary N) is 1. The minimum atomic E-state index is -0.268. The van der Waals surface area contributed by atoms with Gasteiger partial charge in [0.25, 0.3) is 5.91 Å². The standard InChI is InChI=1S/C30H35ClFN5O3/c1-19(8-11-33-30(38)29-20(2)34-17-35-21(29)3)36-12-9-24(10-13-36)37(16-22-14-23(31)4-6-26(22)32)25-5-7-27-28(15-25)40-18-39-27/h4-7,14-15,17,19,24H,8-13,16,18H2,1-3H3,(H,33,38). The second-order valence-corrected chi connectivity index (χ2v) is 10.9. The van der Waals surface area contributed by atoms with Crippen molar-refractivity contribution in [3.63, 3.8) is 0 Å². The highest BCUT2D eigenvalue weighted by Gasteiger charge is 2.29. The van der Waals surface area contributed by atoms with Crippen LogP contribution in [0.5, 0.6) is 11.5 Å². The molecule has 0 aliphatic carbocycles. The smallest absolute Gasteiger partial charge is 0.254 e. The summed E-state index contributed by atoms with van der Waals surface area (Å²) < 4.78 is 25.9. The summed E-state index contributed by atoms with van der Waals surface area (Å²) in [5.74, 6) is 1.03. The number of ether oxygens (including phenoxy) is 2. The summed E-state index contributed by atoms with van der Waals surface area (Å²) in [6, 6.07) is 11.1. The molecule has 1 N–H and O–H groups in total. The lowest BCUT2D eigenvalue weighted by atomic mass is 9.99. The molecule has 10 heteroatoms. The lowest BCUT2D eigenvalue weighted by Gasteiger charge is -2.42. The van der Waals surface area contributed by atoms with Crippen molar-refractivity contribution < 1.29 is 18.7 Å². The van der Waals surface area contributed by atoms with Crippen LogP contribution in [0.1, 0.15) is 53.5 Å². The third-order valence-electron chi connectivity index (χ3n) is 7.90. The van der Waals surface area contributed by atoms with Crippen molar-refractivity contribution in [2.24, 2.45) is 0 Å². The lowest BCUT2D eigenvalue weighted by Crippen LogP contribution is -2.48. The Morgan fingerprint density at radius 3 is 2.60 bits per heavy atom. The number of carbonyl (C=O) groups is 1. The SMILES string of the molecule is Cc1ncnc(C)c1C(=O)NCCC(C)N1CCC(N(Cc2cc(Cl)ccc2F)c2ccc3c(c2)OCO3)CC1. The highest BCUT2D eigenvalue weighted by atomic mass is 35.5. The summed E-state index contributed by atoms with van der Waals surface area (Å²) in [7, 11) is 0. The van der Waals surface area contributed by atoms with Crippen molar-refractivity contribution in [2.75, 3.05) is 31.3 Å². The predicted molar refractivity (Wildman–Crippen MR) is 153 cm³/mol. The van der Waals surface area contributed by atoms with Crippen molar-refractivity contribution in [1.82, 2.24) is 20.2 Å². The van der Waals surface area contributed by atoms with Crippen LogP contribution in [0.3, 0.4) is 0 Å². The molecular formula is C30H35ClFN5O3. The van der Waals surface area contributed by atoms with E-state index in [2.05, 4.69) is 32.0 Å². The van der Waals surface area contributed by atoms with E-state index in [1.165, 1.54) is 12.4 Å². The molecule has 40 heavy (non-hydrogen) atoms. The molecule has 0 radical (unpaired) electrons. The maximum atomic E-state index is 14.8. The van der Waals surface area contributed by atoms with Crippen LogP contribution in [0.2, 0.25) is 5.02 Å². The van der Waals surface area contributed by atoms with E-state index in [1.54, 1.807) is 12.1 Å². The van der Waals surface area contributed by atoms with Gasteiger partial charge in [-0.15, -0.1) is 0 Å². The highest BCUT2D eigenvalue weighted by Crippen LogP contribution is 2.38. The van der Waals surface area contributed by atoms with E-state index in [0.29, 0.717) is 52.4 Å². The number of amides is 1. The van der Waals surface area contributed by atoms with Crippen LogP contribution < -0.4 is 19.7 Å². The average Bonchev–Trinajstić information content (AvgIpc) is 3.41. The van der Waals surface area contributed by atoms with Gasteiger partial charge in [0, 0.05) is 60.6 Å². The van der Waals surface area contributed by atoms with Gasteiger partial charge in [0.2, 0.25) is 6.79 Å². The van der Waals surface area contributed by atoms with Crippen LogP contribution in [0.4, 0.5) is 10.1 Å². The van der Waals surface area contributed by atoms with E-state index in [4.69, 9.17) is 21.1 Å². The molecule has 2 aliphatic heterocycles. The summed E-state index contributed by atoms with van der Waals surface area (Å²) in [6.07, 6.45) is 4.16. The second kappa shape index (κ2) is 12.4. The molecule has 2 aromatic carbocycles. The molecule has 1 unspecified atom stereocenters. The van der Waals surface area contributed by atoms with Crippen molar-refractivity contribution >= 4 is 23.2 Å². The average molecular weight is 568 g/mol. The number of anilines is 1. The molecule has 1 fully saturated rings. The number of likely N-dealkylation sites (tertiary alicyclic amines) is 1. The Bertz CT molecular complexity index is 1340. The molecule has 1 aromatic heterocycles. The quantitative estimate of drug-likeness (QED) is 0.376. The van der Waals surface area contributed by atoms with E-state index in [0.717, 1.165) is 43.8 Å². The molecule has 1 amide bonds. The second-order valence-electron chi connectivity index (χ2n) is 10.5. The maximum absolute atomic E-state index is 14.8. The fourth-order valence-electron chi connectivity index (χ4n) is 5.57. The van der Waals surface area contributed by atoms with Gasteiger partial charge in [0.15, 0.2) is 11.5 Å². The minimum absolute atomic E-state index is 0.130. The number of fused-ring (bicyclic) bond motifs is 1. The number of rotatable bonds is 9. The zero-order chi connectivity index (χ0) is 28.2. The Morgan fingerprint density at radius 2 is 1.85 bits per heavy atom. The summed E-state index contributed by atoms with van der Waals surface area (Å²) in [4.78, 5) is 25.7. The first-order valence-corrected chi connectivity index (χ1v) is 14.1. The zero-order valence-corrected chi connectivity index (χ0v) is 23.9. The number of piperidine rings is 1. The van der Waals surface area contributed by atoms with Crippen LogP contribution in [-0.2, 0) is 6.54 Å². The predicted octanol–water partition coefficient (Wildman–Crippen LogP) is 5.29. The summed E-state index contributed by atoms with van der Waals surface area (Å²) in [5.41, 5.74) is 3.45. The molecule has 1 saturated heterocycles. The third kappa shape index (κ3) is 6.31. The largest absolute Gasteiger partial charge is 0.454 e. The van der Waals surface area contributed by atoms with E-state index in [1.807, 2.05) is 32.0 Å². The van der Waals surface area contributed by atoms with E-state index in [9.17, 15) is 9.18 Å². The van der Waals surface area contributed by atoms with Crippen LogP contribution in [0.15, 0.2) is 42.7 Å². The minimum Gasteiger partial charge on any atom is -0.454 e. The molecule has 0 saturated carbocycles. The first kappa shape index (κ1) is 28.1. The van der Waals surface area contributed by atoms with Gasteiger partial charge in [-0.2, -0.15) is 0 Å². The Labute approximate surface area is 239 Å². The third-order valence-corrected chi connectivity index (χ3v) is 8.14. The van der Waals surface area contributed by atoms with E-state index >= 15 is 0 Å². The number of hydrogen-bond acceptors (Lipinski definition) is 7. The summed E-state index contributed by atoms with van der Waals surface area (Å²) >= 11 is 6.21. The highest BCUT2D eigenvalue weighted by molar-refractivity contribution is 6.30. The number of benzene rings is 2. The maximum Gasteiger partial charge on any atom is 0.254 e. The van der Waals surface area contributed by atoms with Gasteiger partial charge in [-0.05, 0) is 70.4 Å². The van der Waals surface area contributed by atoms with Crippen LogP contribution >= 0.6 is 11.6 Å². The van der Waals surface area contributed by atoms with Gasteiger partial charge in [0.1, 0.15) is 12.1 Å². The van der Waals surface area contributed by atoms with Gasteiger partial charge in [-0.25, -0.2) is 14.4 Å². The number of halogens is 2. The number of nitrogens with zero attached hydrogens (tertiary/aromatic N) is 4. The molecule has 0 bridgehead atoms. The molecule has 212 valence electrons. The summed E-state index contributed by atoms with van der Waals surface area (Å²) in [6.45, 7) is 8.84. The normalized spacial score (nSPS) is 16.1. The van der Waals surface area contributed by atoms with Crippen molar-refractivity contribution in [3.8, 4) is 11.5 Å². The molecular weight excluding hydrogens is 533 g/mol. The first-order valence-electron chi connectivity index (χ1n) is 13.7. The number of carbonyl (C=O) groups excluding carboxylic acids is 1. The molecule has 5 rings (SSSR count). The topological polar surface area (TPSA) is 79.8 Å². The van der Waals surface area contributed by atoms with Gasteiger partial charge in [-0.1, -0.05) is 11.6 Å². The molecule has 0 spiro atoms. The Kier molecular flexibility index (Phi) is 8.71. The molecule has 1 atom stereocenters. The van der Waals surface area contributed by atoms with Crippen molar-refractivity contribution in [1.29, 1.82) is 0 Å². The molecule has 3 aromatic rings. The summed E-state index contributed by atoms with van der Waals surface area (Å²) in [5, 5.41) is 3.55. The zero-order valence-electron chi connectivity index (χ0n) is 23.1. The van der Waals surface area contributed by atoms with E-state index in [-0.39, 0.29) is 24.6 Å². The van der Waals surface area contributed by atoms with E-state index < -0.39 is 0 Å². The van der Waals surface area contributed by atoms with Gasteiger partial charge >= 0.3 is 0 Å². The number of aromatic nitrogens is 2. The Balaban J connectivity index is 1.21. The van der Waals surface area contributed by atoms with Gasteiger partial charge in [-0.3, -0.25) is 4.79 Å². The van der Waals surface area contributed by atoms with Gasteiger partial charge < -0.3 is 24.6 Å². The van der Waals surface area contributed by atoms with Crippen molar-refractivity contribution in [3.05, 3.63) is 76.1 Å². The monoisotopic (exact) mass is 567 g/mol. The number of aryl methyl sites for hydroxylation is 2. The fourth-order valence-corrected chi connectivity index (χ4v) is 5.76. The Hall–Kier alpha value is -3.43. The molecule has 8 nitrogen and oxygen atoms in total.